The maximum absolute atomic E-state index is 13.3. The largest absolute Gasteiger partial charge is 0.497 e. The molecule has 3 aromatic rings. The number of hydrogen-bond acceptors (Lipinski definition) is 6. The maximum Gasteiger partial charge on any atom is 0.230 e. The first-order valence-electron chi connectivity index (χ1n) is 10.9. The standard InChI is InChI=1S/C24H24N4O5S/c1-15-5-3-4-6-21(15)27-12-16(11-22(27)29)24(30)25-23-19-13-34(31,32)14-20(19)26-28(23)17-7-9-18(33-2)10-8-17/h3-10,16H,11-14H2,1-2H3,(H,25,30). The van der Waals surface area contributed by atoms with Gasteiger partial charge in [-0.25, -0.2) is 13.1 Å². The van der Waals surface area contributed by atoms with E-state index in [1.807, 2.05) is 31.2 Å². The van der Waals surface area contributed by atoms with Gasteiger partial charge >= 0.3 is 0 Å². The third-order valence-corrected chi connectivity index (χ3v) is 7.69. The highest BCUT2D eigenvalue weighted by Crippen LogP contribution is 2.34. The van der Waals surface area contributed by atoms with Crippen LogP contribution in [-0.2, 0) is 30.9 Å². The predicted molar refractivity (Wildman–Crippen MR) is 127 cm³/mol. The highest BCUT2D eigenvalue weighted by atomic mass is 32.2. The number of carbonyl (C=O) groups excluding carboxylic acids is 2. The summed E-state index contributed by atoms with van der Waals surface area (Å²) in [6, 6.07) is 14.6. The Morgan fingerprint density at radius 2 is 1.85 bits per heavy atom. The number of fused-ring (bicyclic) bond motifs is 1. The van der Waals surface area contributed by atoms with Gasteiger partial charge in [0.2, 0.25) is 11.8 Å². The van der Waals surface area contributed by atoms with Crippen LogP contribution in [0, 0.1) is 12.8 Å². The third kappa shape index (κ3) is 3.94. The van der Waals surface area contributed by atoms with Gasteiger partial charge < -0.3 is 15.0 Å². The van der Waals surface area contributed by atoms with Crippen molar-refractivity contribution in [3.8, 4) is 11.4 Å². The van der Waals surface area contributed by atoms with Gasteiger partial charge in [0.25, 0.3) is 0 Å². The molecule has 0 saturated carbocycles. The van der Waals surface area contributed by atoms with Crippen LogP contribution in [0.15, 0.2) is 48.5 Å². The third-order valence-electron chi connectivity index (χ3n) is 6.25. The normalized spacial score (nSPS) is 18.7. The number of nitrogens with zero attached hydrogens (tertiary/aromatic N) is 3. The molecule has 10 heteroatoms. The maximum atomic E-state index is 13.3. The van der Waals surface area contributed by atoms with Crippen LogP contribution in [0.5, 0.6) is 5.75 Å². The Kier molecular flexibility index (Phi) is 5.40. The number of anilines is 2. The van der Waals surface area contributed by atoms with E-state index >= 15 is 0 Å². The quantitative estimate of drug-likeness (QED) is 0.601. The molecule has 34 heavy (non-hydrogen) atoms. The van der Waals surface area contributed by atoms with Crippen molar-refractivity contribution in [3.05, 3.63) is 65.4 Å². The minimum absolute atomic E-state index is 0.0807. The predicted octanol–water partition coefficient (Wildman–Crippen LogP) is 2.61. The first-order valence-corrected chi connectivity index (χ1v) is 12.7. The summed E-state index contributed by atoms with van der Waals surface area (Å²) >= 11 is 0. The summed E-state index contributed by atoms with van der Waals surface area (Å²) < 4.78 is 31.2. The molecule has 2 aliphatic heterocycles. The van der Waals surface area contributed by atoms with E-state index in [1.54, 1.807) is 41.0 Å². The van der Waals surface area contributed by atoms with Crippen molar-refractivity contribution >= 4 is 33.2 Å². The minimum Gasteiger partial charge on any atom is -0.497 e. The van der Waals surface area contributed by atoms with E-state index in [4.69, 9.17) is 4.74 Å². The van der Waals surface area contributed by atoms with Crippen molar-refractivity contribution in [2.75, 3.05) is 23.9 Å². The van der Waals surface area contributed by atoms with Gasteiger partial charge in [0.15, 0.2) is 9.84 Å². The zero-order valence-corrected chi connectivity index (χ0v) is 19.6. The van der Waals surface area contributed by atoms with Crippen LogP contribution >= 0.6 is 0 Å². The molecule has 9 nitrogen and oxygen atoms in total. The zero-order valence-electron chi connectivity index (χ0n) is 18.8. The summed E-state index contributed by atoms with van der Waals surface area (Å²) in [7, 11) is -1.75. The molecule has 0 radical (unpaired) electrons. The molecule has 1 fully saturated rings. The molecular formula is C24H24N4O5S. The number of carbonyl (C=O) groups is 2. The second-order valence-corrected chi connectivity index (χ2v) is 10.7. The molecule has 176 valence electrons. The fraction of sp³-hybridized carbons (Fsp3) is 0.292. The van der Waals surface area contributed by atoms with Crippen LogP contribution in [0.2, 0.25) is 0 Å². The molecule has 2 aromatic carbocycles. The van der Waals surface area contributed by atoms with Crippen molar-refractivity contribution in [2.24, 2.45) is 5.92 Å². The molecule has 1 aromatic heterocycles. The first-order chi connectivity index (χ1) is 16.3. The van der Waals surface area contributed by atoms with E-state index in [2.05, 4.69) is 10.4 Å². The monoisotopic (exact) mass is 480 g/mol. The lowest BCUT2D eigenvalue weighted by Gasteiger charge is -2.19. The summed E-state index contributed by atoms with van der Waals surface area (Å²) in [5.74, 6) is -0.396. The van der Waals surface area contributed by atoms with Gasteiger partial charge in [-0.1, -0.05) is 18.2 Å². The Hall–Kier alpha value is -3.66. The molecule has 0 bridgehead atoms. The van der Waals surface area contributed by atoms with Crippen LogP contribution in [0.3, 0.4) is 0 Å². The van der Waals surface area contributed by atoms with Crippen LogP contribution in [0.1, 0.15) is 23.2 Å². The molecule has 1 N–H and O–H groups in total. The number of aryl methyl sites for hydroxylation is 1. The number of sulfone groups is 1. The van der Waals surface area contributed by atoms with E-state index in [0.29, 0.717) is 28.5 Å². The van der Waals surface area contributed by atoms with E-state index < -0.39 is 15.8 Å². The Morgan fingerprint density at radius 3 is 2.56 bits per heavy atom. The van der Waals surface area contributed by atoms with E-state index in [1.165, 1.54) is 0 Å². The summed E-state index contributed by atoms with van der Waals surface area (Å²) in [6.45, 7) is 2.18. The Labute approximate surface area is 197 Å². The number of ether oxygens (including phenoxy) is 1. The van der Waals surface area contributed by atoms with E-state index in [9.17, 15) is 18.0 Å². The smallest absolute Gasteiger partial charge is 0.230 e. The topological polar surface area (TPSA) is 111 Å². The second-order valence-electron chi connectivity index (χ2n) is 8.60. The minimum atomic E-state index is -3.32. The average Bonchev–Trinajstić information content (AvgIpc) is 3.44. The van der Waals surface area contributed by atoms with Gasteiger partial charge in [-0.15, -0.1) is 0 Å². The molecule has 0 spiro atoms. The van der Waals surface area contributed by atoms with Crippen molar-refractivity contribution in [1.82, 2.24) is 9.78 Å². The van der Waals surface area contributed by atoms with Crippen molar-refractivity contribution < 1.29 is 22.7 Å². The van der Waals surface area contributed by atoms with Crippen LogP contribution in [0.25, 0.3) is 5.69 Å². The number of benzene rings is 2. The highest BCUT2D eigenvalue weighted by Gasteiger charge is 2.38. The van der Waals surface area contributed by atoms with Crippen LogP contribution in [-0.4, -0.2) is 43.7 Å². The zero-order chi connectivity index (χ0) is 24.0. The van der Waals surface area contributed by atoms with Crippen molar-refractivity contribution in [1.29, 1.82) is 0 Å². The lowest BCUT2D eigenvalue weighted by molar-refractivity contribution is -0.122. The van der Waals surface area contributed by atoms with Gasteiger partial charge in [0.05, 0.1) is 35.9 Å². The number of rotatable bonds is 5. The van der Waals surface area contributed by atoms with Gasteiger partial charge in [0, 0.05) is 24.2 Å². The average molecular weight is 481 g/mol. The van der Waals surface area contributed by atoms with Gasteiger partial charge in [0.1, 0.15) is 11.6 Å². The molecule has 1 atom stereocenters. The van der Waals surface area contributed by atoms with E-state index in [0.717, 1.165) is 11.3 Å². The Balaban J connectivity index is 1.44. The van der Waals surface area contributed by atoms with Crippen LogP contribution in [0.4, 0.5) is 11.5 Å². The molecule has 5 rings (SSSR count). The molecule has 2 amide bonds. The Morgan fingerprint density at radius 1 is 1.12 bits per heavy atom. The van der Waals surface area contributed by atoms with Crippen molar-refractivity contribution in [3.63, 3.8) is 0 Å². The van der Waals surface area contributed by atoms with Gasteiger partial charge in [-0.05, 0) is 42.8 Å². The van der Waals surface area contributed by atoms with E-state index in [-0.39, 0.29) is 36.3 Å². The number of para-hydroxylation sites is 1. The fourth-order valence-electron chi connectivity index (χ4n) is 4.48. The number of amides is 2. The number of hydrogen-bond donors (Lipinski definition) is 1. The molecule has 0 aliphatic carbocycles. The summed E-state index contributed by atoms with van der Waals surface area (Å²) in [4.78, 5) is 27.6. The highest BCUT2D eigenvalue weighted by molar-refractivity contribution is 7.90. The van der Waals surface area contributed by atoms with Crippen molar-refractivity contribution in [2.45, 2.75) is 24.9 Å². The summed E-state index contributed by atoms with van der Waals surface area (Å²) in [5, 5.41) is 7.38. The Bertz CT molecular complexity index is 1400. The first kappa shape index (κ1) is 22.1. The van der Waals surface area contributed by atoms with Gasteiger partial charge in [-0.2, -0.15) is 5.10 Å². The summed E-state index contributed by atoms with van der Waals surface area (Å²) in [5.41, 5.74) is 3.32. The number of aromatic nitrogens is 2. The lowest BCUT2D eigenvalue weighted by atomic mass is 10.1. The fourth-order valence-corrected chi connectivity index (χ4v) is 5.98. The molecular weight excluding hydrogens is 456 g/mol. The molecule has 1 unspecified atom stereocenters. The second kappa shape index (κ2) is 8.28. The van der Waals surface area contributed by atoms with Crippen LogP contribution < -0.4 is 15.0 Å². The molecule has 1 saturated heterocycles. The number of methoxy groups -OCH3 is 1. The SMILES string of the molecule is COc1ccc(-n2nc3c(c2NC(=O)C2CC(=O)N(c4ccccc4C)C2)CS(=O)(=O)C3)cc1. The van der Waals surface area contributed by atoms with Gasteiger partial charge in [-0.3, -0.25) is 9.59 Å². The molecule has 3 heterocycles. The molecule has 2 aliphatic rings. The lowest BCUT2D eigenvalue weighted by Crippen LogP contribution is -2.29. The number of nitrogens with one attached hydrogen (secondary N) is 1. The summed E-state index contributed by atoms with van der Waals surface area (Å²) in [6.07, 6.45) is 0.0807.